The number of pyridine rings is 2. The van der Waals surface area contributed by atoms with Crippen LogP contribution in [0.15, 0.2) is 96.2 Å². The molecule has 6 nitrogen and oxygen atoms in total. The summed E-state index contributed by atoms with van der Waals surface area (Å²) in [5.74, 6) is 6.15. The number of aromatic amines is 1. The van der Waals surface area contributed by atoms with Crippen LogP contribution in [0.25, 0.3) is 22.0 Å². The number of aromatic carboxylic acids is 1. The summed E-state index contributed by atoms with van der Waals surface area (Å²) < 4.78 is 5.44. The molecule has 0 spiro atoms. The molecule has 2 heterocycles. The molecule has 0 aliphatic heterocycles. The molecule has 2 N–H and O–H groups in total. The first-order valence-corrected chi connectivity index (χ1v) is 12.0. The van der Waals surface area contributed by atoms with Crippen LogP contribution in [0.5, 0.6) is 5.75 Å². The molecule has 0 aliphatic carbocycles. The van der Waals surface area contributed by atoms with Gasteiger partial charge in [0.05, 0.1) is 18.9 Å². The van der Waals surface area contributed by atoms with Crippen molar-refractivity contribution in [3.05, 3.63) is 129 Å². The molecule has 0 fully saturated rings. The van der Waals surface area contributed by atoms with Crippen molar-refractivity contribution in [3.63, 3.8) is 0 Å². The number of benzene rings is 3. The molecule has 0 saturated carbocycles. The highest BCUT2D eigenvalue weighted by atomic mass is 16.5. The second-order valence-corrected chi connectivity index (χ2v) is 8.84. The van der Waals surface area contributed by atoms with Gasteiger partial charge < -0.3 is 14.8 Å². The Labute approximate surface area is 219 Å². The maximum Gasteiger partial charge on any atom is 0.335 e. The molecule has 38 heavy (non-hydrogen) atoms. The highest BCUT2D eigenvalue weighted by Crippen LogP contribution is 2.29. The van der Waals surface area contributed by atoms with Crippen molar-refractivity contribution in [1.82, 2.24) is 9.97 Å². The van der Waals surface area contributed by atoms with Crippen molar-refractivity contribution < 1.29 is 14.6 Å². The zero-order valence-corrected chi connectivity index (χ0v) is 20.7. The van der Waals surface area contributed by atoms with Gasteiger partial charge in [0.1, 0.15) is 5.75 Å². The first-order chi connectivity index (χ1) is 18.5. The van der Waals surface area contributed by atoms with Gasteiger partial charge in [0.25, 0.3) is 0 Å². The number of hydrogen-bond donors (Lipinski definition) is 2. The van der Waals surface area contributed by atoms with Crippen LogP contribution in [0.4, 0.5) is 0 Å². The van der Waals surface area contributed by atoms with E-state index >= 15 is 0 Å². The Balaban J connectivity index is 1.36. The van der Waals surface area contributed by atoms with Gasteiger partial charge in [0.2, 0.25) is 0 Å². The average Bonchev–Trinajstić information content (AvgIpc) is 2.95. The zero-order valence-electron chi connectivity index (χ0n) is 20.7. The summed E-state index contributed by atoms with van der Waals surface area (Å²) in [6.07, 6.45) is 6.11. The fourth-order valence-electron chi connectivity index (χ4n) is 4.33. The molecule has 0 atom stereocenters. The summed E-state index contributed by atoms with van der Waals surface area (Å²) in [5, 5.41) is 9.66. The van der Waals surface area contributed by atoms with Crippen LogP contribution in [0.2, 0.25) is 0 Å². The van der Waals surface area contributed by atoms with Gasteiger partial charge in [-0.05, 0) is 53.1 Å². The molecule has 186 valence electrons. The Bertz CT molecular complexity index is 1760. The van der Waals surface area contributed by atoms with Crippen molar-refractivity contribution in [2.24, 2.45) is 0 Å². The predicted octanol–water partition coefficient (Wildman–Crippen LogP) is 5.48. The Morgan fingerprint density at radius 3 is 2.66 bits per heavy atom. The van der Waals surface area contributed by atoms with E-state index in [0.29, 0.717) is 29.5 Å². The van der Waals surface area contributed by atoms with Crippen molar-refractivity contribution in [2.45, 2.75) is 12.8 Å². The number of fused-ring (bicyclic) bond motifs is 1. The van der Waals surface area contributed by atoms with E-state index in [1.165, 1.54) is 0 Å². The van der Waals surface area contributed by atoms with Gasteiger partial charge >= 0.3 is 5.97 Å². The van der Waals surface area contributed by atoms with Gasteiger partial charge in [-0.25, -0.2) is 4.79 Å². The van der Waals surface area contributed by atoms with Gasteiger partial charge in [-0.2, -0.15) is 0 Å². The number of rotatable bonds is 6. The Hall–Kier alpha value is -5.15. The van der Waals surface area contributed by atoms with E-state index in [1.54, 1.807) is 50.0 Å². The van der Waals surface area contributed by atoms with E-state index in [-0.39, 0.29) is 11.0 Å². The number of aromatic nitrogens is 2. The normalized spacial score (nSPS) is 10.6. The van der Waals surface area contributed by atoms with Gasteiger partial charge in [-0.15, -0.1) is 0 Å². The quantitative estimate of drug-likeness (QED) is 0.301. The van der Waals surface area contributed by atoms with Crippen LogP contribution >= 0.6 is 0 Å². The van der Waals surface area contributed by atoms with Crippen LogP contribution in [0.3, 0.4) is 0 Å². The van der Waals surface area contributed by atoms with E-state index in [0.717, 1.165) is 33.3 Å². The molecule has 0 saturated heterocycles. The van der Waals surface area contributed by atoms with Gasteiger partial charge in [0.15, 0.2) is 5.43 Å². The number of carboxylic acids is 1. The molecule has 0 bridgehead atoms. The highest BCUT2D eigenvalue weighted by molar-refractivity contribution is 5.87. The topological polar surface area (TPSA) is 92.3 Å². The molecule has 0 radical (unpaired) electrons. The Morgan fingerprint density at radius 1 is 1.03 bits per heavy atom. The van der Waals surface area contributed by atoms with Crippen molar-refractivity contribution in [3.8, 4) is 28.7 Å². The number of nitrogens with one attached hydrogen (secondary N) is 1. The lowest BCUT2D eigenvalue weighted by atomic mass is 10.0. The molecular weight excluding hydrogens is 476 g/mol. The largest absolute Gasteiger partial charge is 0.494 e. The fourth-order valence-corrected chi connectivity index (χ4v) is 4.33. The lowest BCUT2D eigenvalue weighted by Crippen LogP contribution is -2.11. The van der Waals surface area contributed by atoms with Gasteiger partial charge in [-0.3, -0.25) is 9.78 Å². The van der Waals surface area contributed by atoms with E-state index in [1.807, 2.05) is 42.5 Å². The number of carbonyl (C=O) groups is 1. The highest BCUT2D eigenvalue weighted by Gasteiger charge is 2.09. The Kier molecular flexibility index (Phi) is 7.01. The smallest absolute Gasteiger partial charge is 0.335 e. The molecule has 3 aromatic carbocycles. The summed E-state index contributed by atoms with van der Waals surface area (Å²) >= 11 is 0. The number of ether oxygens (including phenoxy) is 1. The van der Waals surface area contributed by atoms with Gasteiger partial charge in [-0.1, -0.05) is 48.2 Å². The Morgan fingerprint density at radius 2 is 1.87 bits per heavy atom. The van der Waals surface area contributed by atoms with Crippen LogP contribution < -0.4 is 10.2 Å². The summed E-state index contributed by atoms with van der Waals surface area (Å²) in [4.78, 5) is 31.6. The van der Waals surface area contributed by atoms with Crippen LogP contribution in [0.1, 0.15) is 32.6 Å². The van der Waals surface area contributed by atoms with E-state index in [2.05, 4.69) is 27.9 Å². The third kappa shape index (κ3) is 5.32. The van der Waals surface area contributed by atoms with E-state index < -0.39 is 5.97 Å². The molecule has 6 heteroatoms. The maximum atomic E-state index is 13.2. The molecule has 0 aliphatic rings. The lowest BCUT2D eigenvalue weighted by molar-refractivity contribution is 0.0697. The predicted molar refractivity (Wildman–Crippen MR) is 148 cm³/mol. The van der Waals surface area contributed by atoms with Crippen LogP contribution in [0, 0.1) is 11.8 Å². The van der Waals surface area contributed by atoms with Crippen molar-refractivity contribution in [2.75, 3.05) is 7.11 Å². The summed E-state index contributed by atoms with van der Waals surface area (Å²) in [6, 6.07) is 22.2. The minimum atomic E-state index is -0.976. The second-order valence-electron chi connectivity index (χ2n) is 8.84. The van der Waals surface area contributed by atoms with Gasteiger partial charge in [0, 0.05) is 52.8 Å². The first kappa shape index (κ1) is 24.5. The third-order valence-corrected chi connectivity index (χ3v) is 6.32. The summed E-state index contributed by atoms with van der Waals surface area (Å²) in [5.41, 5.74) is 6.20. The van der Waals surface area contributed by atoms with Crippen LogP contribution in [-0.4, -0.2) is 28.2 Å². The average molecular weight is 501 g/mol. The number of methoxy groups -OCH3 is 1. The molecule has 0 unspecified atom stereocenters. The number of nitrogens with zero attached hydrogens (tertiary/aromatic N) is 1. The fraction of sp³-hybridized carbons (Fsp3) is 0.0938. The van der Waals surface area contributed by atoms with Crippen molar-refractivity contribution in [1.29, 1.82) is 0 Å². The van der Waals surface area contributed by atoms with E-state index in [9.17, 15) is 9.59 Å². The number of H-pyrrole nitrogens is 1. The molecular formula is C32H24N2O4. The SMILES string of the molecule is COc1cnccc1-c1cccc(CC#Cc2ccc3[nH]cc(Cc4ccc(C(=O)O)cc4)c(=O)c3c2)c1. The standard InChI is InChI=1S/C32H24N2O4/c1-38-30-20-33-15-14-27(30)25-7-3-6-21(16-25)4-2-5-22-10-13-29-28(18-22)31(35)26(19-34-29)17-23-8-11-24(12-9-23)32(36)37/h3,6-16,18-20H,4,17H2,1H3,(H,34,35)(H,36,37). The molecule has 2 aromatic heterocycles. The maximum absolute atomic E-state index is 13.2. The number of carboxylic acid groups (broad SMARTS) is 1. The third-order valence-electron chi connectivity index (χ3n) is 6.32. The summed E-state index contributed by atoms with van der Waals surface area (Å²) in [7, 11) is 1.63. The molecule has 0 amide bonds. The van der Waals surface area contributed by atoms with Crippen LogP contribution in [-0.2, 0) is 12.8 Å². The number of hydrogen-bond acceptors (Lipinski definition) is 4. The minimum Gasteiger partial charge on any atom is -0.494 e. The lowest BCUT2D eigenvalue weighted by Gasteiger charge is -2.08. The summed E-state index contributed by atoms with van der Waals surface area (Å²) in [6.45, 7) is 0. The first-order valence-electron chi connectivity index (χ1n) is 12.0. The molecule has 5 aromatic rings. The monoisotopic (exact) mass is 500 g/mol. The van der Waals surface area contributed by atoms with E-state index in [4.69, 9.17) is 9.84 Å². The zero-order chi connectivity index (χ0) is 26.5. The second kappa shape index (κ2) is 10.9. The molecule has 5 rings (SSSR count). The minimum absolute atomic E-state index is 0.0660. The van der Waals surface area contributed by atoms with Crippen molar-refractivity contribution >= 4 is 16.9 Å².